The molecule has 116 valence electrons. The van der Waals surface area contributed by atoms with Crippen molar-refractivity contribution in [1.29, 1.82) is 0 Å². The third kappa shape index (κ3) is 5.06. The molecule has 0 radical (unpaired) electrons. The summed E-state index contributed by atoms with van der Waals surface area (Å²) in [6, 6.07) is 14.4. The number of carbonyl (C=O) groups is 1. The second kappa shape index (κ2) is 8.41. The van der Waals surface area contributed by atoms with Gasteiger partial charge in [-0.1, -0.05) is 23.7 Å². The van der Waals surface area contributed by atoms with Gasteiger partial charge in [0, 0.05) is 12.3 Å². The first-order valence-electron chi connectivity index (χ1n) is 7.09. The first kappa shape index (κ1) is 16.3. The number of ether oxygens (including phenoxy) is 2. The van der Waals surface area contributed by atoms with Gasteiger partial charge in [0.2, 0.25) is 5.91 Å². The summed E-state index contributed by atoms with van der Waals surface area (Å²) in [5, 5.41) is 3.35. The van der Waals surface area contributed by atoms with Gasteiger partial charge in [-0.05, 0) is 43.3 Å². The highest BCUT2D eigenvalue weighted by Gasteiger charge is 2.04. The molecule has 2 aromatic rings. The Morgan fingerprint density at radius 1 is 1.14 bits per heavy atom. The van der Waals surface area contributed by atoms with Gasteiger partial charge in [0.1, 0.15) is 11.5 Å². The number of hydrogen-bond acceptors (Lipinski definition) is 3. The first-order chi connectivity index (χ1) is 10.7. The molecule has 0 aliphatic heterocycles. The highest BCUT2D eigenvalue weighted by Crippen LogP contribution is 2.29. The van der Waals surface area contributed by atoms with Gasteiger partial charge < -0.3 is 14.8 Å². The summed E-state index contributed by atoms with van der Waals surface area (Å²) in [6.07, 6.45) is 0.339. The number of benzene rings is 2. The molecule has 0 aromatic heterocycles. The molecule has 0 saturated heterocycles. The molecule has 0 atom stereocenters. The van der Waals surface area contributed by atoms with Gasteiger partial charge in [-0.3, -0.25) is 4.79 Å². The largest absolute Gasteiger partial charge is 0.456 e. The average Bonchev–Trinajstić information content (AvgIpc) is 2.52. The minimum Gasteiger partial charge on any atom is -0.456 e. The van der Waals surface area contributed by atoms with E-state index >= 15 is 0 Å². The SMILES string of the molecule is CCOCCC(=O)Nc1ccc(Oc2ccccc2Cl)cc1. The van der Waals surface area contributed by atoms with Crippen LogP contribution >= 0.6 is 11.6 Å². The monoisotopic (exact) mass is 319 g/mol. The molecule has 0 fully saturated rings. The molecule has 1 amide bonds. The van der Waals surface area contributed by atoms with Crippen LogP contribution in [0.15, 0.2) is 48.5 Å². The Morgan fingerprint density at radius 2 is 1.86 bits per heavy atom. The standard InChI is InChI=1S/C17H18ClNO3/c1-2-21-12-11-17(20)19-13-7-9-14(10-8-13)22-16-6-4-3-5-15(16)18/h3-10H,2,11-12H2,1H3,(H,19,20). The topological polar surface area (TPSA) is 47.6 Å². The van der Waals surface area contributed by atoms with Crippen molar-refractivity contribution in [2.24, 2.45) is 0 Å². The number of anilines is 1. The highest BCUT2D eigenvalue weighted by atomic mass is 35.5. The third-order valence-corrected chi connectivity index (χ3v) is 3.19. The molecule has 2 aromatic carbocycles. The molecule has 0 aliphatic rings. The van der Waals surface area contributed by atoms with E-state index < -0.39 is 0 Å². The lowest BCUT2D eigenvalue weighted by atomic mass is 10.3. The number of nitrogens with one attached hydrogen (secondary N) is 1. The van der Waals surface area contributed by atoms with E-state index in [4.69, 9.17) is 21.1 Å². The Hall–Kier alpha value is -2.04. The van der Waals surface area contributed by atoms with E-state index in [0.717, 1.165) is 0 Å². The van der Waals surface area contributed by atoms with E-state index in [-0.39, 0.29) is 5.91 Å². The van der Waals surface area contributed by atoms with Crippen LogP contribution in [0.3, 0.4) is 0 Å². The Kier molecular flexibility index (Phi) is 6.25. The molecule has 0 heterocycles. The number of rotatable bonds is 7. The lowest BCUT2D eigenvalue weighted by Crippen LogP contribution is -2.13. The minimum atomic E-state index is -0.0757. The molecule has 1 N–H and O–H groups in total. The quantitative estimate of drug-likeness (QED) is 0.764. The van der Waals surface area contributed by atoms with E-state index in [1.54, 1.807) is 36.4 Å². The molecule has 5 heteroatoms. The van der Waals surface area contributed by atoms with E-state index in [1.165, 1.54) is 0 Å². The Bertz CT molecular complexity index is 614. The molecule has 4 nitrogen and oxygen atoms in total. The van der Waals surface area contributed by atoms with Gasteiger partial charge in [-0.25, -0.2) is 0 Å². The van der Waals surface area contributed by atoms with Gasteiger partial charge in [0.05, 0.1) is 18.1 Å². The first-order valence-corrected chi connectivity index (χ1v) is 7.47. The van der Waals surface area contributed by atoms with Gasteiger partial charge in [0.25, 0.3) is 0 Å². The Morgan fingerprint density at radius 3 is 2.55 bits per heavy atom. The Balaban J connectivity index is 1.90. The fraction of sp³-hybridized carbons (Fsp3) is 0.235. The molecule has 0 aliphatic carbocycles. The maximum atomic E-state index is 11.7. The molecule has 0 spiro atoms. The summed E-state index contributed by atoms with van der Waals surface area (Å²) in [4.78, 5) is 11.7. The van der Waals surface area contributed by atoms with Crippen LogP contribution in [0.4, 0.5) is 5.69 Å². The molecule has 2 rings (SSSR count). The van der Waals surface area contributed by atoms with Crippen LogP contribution in [-0.2, 0) is 9.53 Å². The van der Waals surface area contributed by atoms with Crippen molar-refractivity contribution in [2.75, 3.05) is 18.5 Å². The van der Waals surface area contributed by atoms with Crippen molar-refractivity contribution in [3.8, 4) is 11.5 Å². The maximum absolute atomic E-state index is 11.7. The normalized spacial score (nSPS) is 10.3. The van der Waals surface area contributed by atoms with Crippen LogP contribution in [0.1, 0.15) is 13.3 Å². The molecule has 0 unspecified atom stereocenters. The highest BCUT2D eigenvalue weighted by molar-refractivity contribution is 6.32. The zero-order chi connectivity index (χ0) is 15.8. The van der Waals surface area contributed by atoms with Crippen LogP contribution in [0, 0.1) is 0 Å². The zero-order valence-corrected chi connectivity index (χ0v) is 13.1. The summed E-state index contributed by atoms with van der Waals surface area (Å²) in [5.41, 5.74) is 0.716. The second-order valence-electron chi connectivity index (χ2n) is 4.55. The lowest BCUT2D eigenvalue weighted by Gasteiger charge is -2.09. The summed E-state index contributed by atoms with van der Waals surface area (Å²) in [6.45, 7) is 2.94. The molecular weight excluding hydrogens is 302 g/mol. The van der Waals surface area contributed by atoms with Crippen LogP contribution in [0.25, 0.3) is 0 Å². The maximum Gasteiger partial charge on any atom is 0.226 e. The van der Waals surface area contributed by atoms with Crippen molar-refractivity contribution in [3.63, 3.8) is 0 Å². The van der Waals surface area contributed by atoms with Crippen molar-refractivity contribution >= 4 is 23.2 Å². The van der Waals surface area contributed by atoms with Crippen LogP contribution < -0.4 is 10.1 Å². The minimum absolute atomic E-state index is 0.0757. The van der Waals surface area contributed by atoms with Crippen molar-refractivity contribution < 1.29 is 14.3 Å². The number of carbonyl (C=O) groups excluding carboxylic acids is 1. The second-order valence-corrected chi connectivity index (χ2v) is 4.96. The summed E-state index contributed by atoms with van der Waals surface area (Å²) in [5.74, 6) is 1.17. The van der Waals surface area contributed by atoms with Crippen LogP contribution in [0.2, 0.25) is 5.02 Å². The van der Waals surface area contributed by atoms with Gasteiger partial charge in [-0.15, -0.1) is 0 Å². The molecule has 22 heavy (non-hydrogen) atoms. The number of para-hydroxylation sites is 1. The van der Waals surface area contributed by atoms with E-state index in [9.17, 15) is 4.79 Å². The van der Waals surface area contributed by atoms with Crippen molar-refractivity contribution in [3.05, 3.63) is 53.6 Å². The summed E-state index contributed by atoms with van der Waals surface area (Å²) < 4.78 is 10.8. The summed E-state index contributed by atoms with van der Waals surface area (Å²) in [7, 11) is 0. The van der Waals surface area contributed by atoms with E-state index in [2.05, 4.69) is 5.32 Å². The number of hydrogen-bond donors (Lipinski definition) is 1. The average molecular weight is 320 g/mol. The Labute approximate surface area is 135 Å². The van der Waals surface area contributed by atoms with Crippen LogP contribution in [0.5, 0.6) is 11.5 Å². The number of halogens is 1. The van der Waals surface area contributed by atoms with E-state index in [1.807, 2.05) is 19.1 Å². The summed E-state index contributed by atoms with van der Waals surface area (Å²) >= 11 is 6.04. The fourth-order valence-electron chi connectivity index (χ4n) is 1.79. The van der Waals surface area contributed by atoms with Crippen LogP contribution in [-0.4, -0.2) is 19.1 Å². The van der Waals surface area contributed by atoms with Crippen molar-refractivity contribution in [1.82, 2.24) is 0 Å². The van der Waals surface area contributed by atoms with Crippen molar-refractivity contribution in [2.45, 2.75) is 13.3 Å². The van der Waals surface area contributed by atoms with Gasteiger partial charge >= 0.3 is 0 Å². The molecular formula is C17H18ClNO3. The lowest BCUT2D eigenvalue weighted by molar-refractivity contribution is -0.117. The van der Waals surface area contributed by atoms with Gasteiger partial charge in [-0.2, -0.15) is 0 Å². The van der Waals surface area contributed by atoms with E-state index in [0.29, 0.717) is 41.8 Å². The third-order valence-electron chi connectivity index (χ3n) is 2.88. The van der Waals surface area contributed by atoms with Gasteiger partial charge in [0.15, 0.2) is 0 Å². The molecule has 0 bridgehead atoms. The number of amides is 1. The fourth-order valence-corrected chi connectivity index (χ4v) is 1.97. The predicted octanol–water partition coefficient (Wildman–Crippen LogP) is 4.50. The molecule has 0 saturated carbocycles. The smallest absolute Gasteiger partial charge is 0.226 e. The predicted molar refractivity (Wildman–Crippen MR) is 87.7 cm³/mol. The zero-order valence-electron chi connectivity index (χ0n) is 12.3.